The maximum Gasteiger partial charge on any atom is 0.202 e. The van der Waals surface area contributed by atoms with Crippen LogP contribution in [-0.2, 0) is 5.75 Å². The molecule has 2 aromatic rings. The molecule has 4 nitrogen and oxygen atoms in total. The molecule has 0 atom stereocenters. The van der Waals surface area contributed by atoms with Crippen LogP contribution in [0.1, 0.15) is 5.69 Å². The van der Waals surface area contributed by atoms with E-state index in [2.05, 4.69) is 5.16 Å². The highest BCUT2D eigenvalue weighted by atomic mass is 32.2. The largest absolute Gasteiger partial charge is 0.461 e. The maximum atomic E-state index is 8.62. The minimum Gasteiger partial charge on any atom is -0.461 e. The Labute approximate surface area is 91.3 Å². The lowest BCUT2D eigenvalue weighted by Crippen LogP contribution is -1.87. The maximum absolute atomic E-state index is 8.62. The molecule has 0 spiro atoms. The fourth-order valence-corrected chi connectivity index (χ4v) is 1.77. The highest BCUT2D eigenvalue weighted by Crippen LogP contribution is 2.22. The third-order valence-electron chi connectivity index (χ3n) is 1.81. The molecular formula is C10H11NO3S. The summed E-state index contributed by atoms with van der Waals surface area (Å²) in [5.41, 5.74) is 0.861. The lowest BCUT2D eigenvalue weighted by Gasteiger charge is -1.92. The molecule has 0 bridgehead atoms. The van der Waals surface area contributed by atoms with Gasteiger partial charge in [0, 0.05) is 17.6 Å². The third kappa shape index (κ3) is 2.64. The molecule has 0 aliphatic rings. The molecule has 15 heavy (non-hydrogen) atoms. The Bertz CT molecular complexity index is 396. The van der Waals surface area contributed by atoms with E-state index in [0.717, 1.165) is 11.4 Å². The van der Waals surface area contributed by atoms with E-state index in [1.54, 1.807) is 24.1 Å². The second-order valence-corrected chi connectivity index (χ2v) is 4.04. The van der Waals surface area contributed by atoms with Crippen molar-refractivity contribution in [2.45, 2.75) is 5.75 Å². The van der Waals surface area contributed by atoms with Crippen LogP contribution in [0.25, 0.3) is 11.5 Å². The topological polar surface area (TPSA) is 59.4 Å². The number of aliphatic hydroxyl groups excluding tert-OH is 1. The number of aliphatic hydroxyl groups is 1. The molecule has 0 aliphatic heterocycles. The predicted molar refractivity (Wildman–Crippen MR) is 57.5 cm³/mol. The molecule has 0 aliphatic carbocycles. The van der Waals surface area contributed by atoms with Crippen molar-refractivity contribution in [3.8, 4) is 11.5 Å². The van der Waals surface area contributed by atoms with E-state index in [1.165, 1.54) is 0 Å². The first-order valence-electron chi connectivity index (χ1n) is 4.58. The zero-order valence-corrected chi connectivity index (χ0v) is 8.87. The van der Waals surface area contributed by atoms with Crippen LogP contribution in [0, 0.1) is 0 Å². The summed E-state index contributed by atoms with van der Waals surface area (Å²) in [6.07, 6.45) is 1.60. The Balaban J connectivity index is 1.98. The minimum absolute atomic E-state index is 0.188. The zero-order chi connectivity index (χ0) is 10.5. The summed E-state index contributed by atoms with van der Waals surface area (Å²) >= 11 is 1.61. The van der Waals surface area contributed by atoms with E-state index in [1.807, 2.05) is 12.1 Å². The van der Waals surface area contributed by atoms with Crippen molar-refractivity contribution in [3.05, 3.63) is 30.2 Å². The van der Waals surface area contributed by atoms with Gasteiger partial charge >= 0.3 is 0 Å². The van der Waals surface area contributed by atoms with Gasteiger partial charge in [0.2, 0.25) is 5.76 Å². The molecule has 2 rings (SSSR count). The smallest absolute Gasteiger partial charge is 0.202 e. The van der Waals surface area contributed by atoms with Gasteiger partial charge in [0.1, 0.15) is 0 Å². The van der Waals surface area contributed by atoms with Gasteiger partial charge in [-0.05, 0) is 12.1 Å². The van der Waals surface area contributed by atoms with Gasteiger partial charge in [0.15, 0.2) is 5.76 Å². The zero-order valence-electron chi connectivity index (χ0n) is 8.05. The Morgan fingerprint density at radius 3 is 3.07 bits per heavy atom. The van der Waals surface area contributed by atoms with E-state index in [9.17, 15) is 0 Å². The summed E-state index contributed by atoms with van der Waals surface area (Å²) in [6.45, 7) is 0.188. The predicted octanol–water partition coefficient (Wildman–Crippen LogP) is 2.16. The quantitative estimate of drug-likeness (QED) is 0.790. The van der Waals surface area contributed by atoms with Crippen LogP contribution < -0.4 is 0 Å². The van der Waals surface area contributed by atoms with Gasteiger partial charge in [-0.15, -0.1) is 0 Å². The molecule has 0 unspecified atom stereocenters. The molecule has 5 heteroatoms. The van der Waals surface area contributed by atoms with Gasteiger partial charge in [-0.25, -0.2) is 0 Å². The van der Waals surface area contributed by atoms with Crippen molar-refractivity contribution >= 4 is 11.8 Å². The molecule has 0 radical (unpaired) electrons. The van der Waals surface area contributed by atoms with E-state index in [-0.39, 0.29) is 6.61 Å². The highest BCUT2D eigenvalue weighted by Gasteiger charge is 2.08. The Hall–Kier alpha value is -1.20. The number of thioether (sulfide) groups is 1. The van der Waals surface area contributed by atoms with Crippen molar-refractivity contribution in [1.29, 1.82) is 0 Å². The number of nitrogens with zero attached hydrogens (tertiary/aromatic N) is 1. The summed E-state index contributed by atoms with van der Waals surface area (Å²) in [6, 6.07) is 5.48. The second-order valence-electron chi connectivity index (χ2n) is 2.94. The third-order valence-corrected chi connectivity index (χ3v) is 2.78. The monoisotopic (exact) mass is 225 g/mol. The van der Waals surface area contributed by atoms with E-state index >= 15 is 0 Å². The van der Waals surface area contributed by atoms with Gasteiger partial charge in [-0.1, -0.05) is 5.16 Å². The van der Waals surface area contributed by atoms with Gasteiger partial charge in [0.05, 0.1) is 18.6 Å². The summed E-state index contributed by atoms with van der Waals surface area (Å²) in [4.78, 5) is 0. The molecule has 0 fully saturated rings. The van der Waals surface area contributed by atoms with Crippen LogP contribution >= 0.6 is 11.8 Å². The average Bonchev–Trinajstić information content (AvgIpc) is 2.87. The first-order chi connectivity index (χ1) is 7.40. The lowest BCUT2D eigenvalue weighted by atomic mass is 10.3. The van der Waals surface area contributed by atoms with Gasteiger partial charge < -0.3 is 14.0 Å². The van der Waals surface area contributed by atoms with Crippen molar-refractivity contribution in [2.75, 3.05) is 12.4 Å². The molecule has 0 saturated heterocycles. The van der Waals surface area contributed by atoms with Crippen LogP contribution in [-0.4, -0.2) is 22.6 Å². The van der Waals surface area contributed by atoms with E-state index in [4.69, 9.17) is 14.0 Å². The van der Waals surface area contributed by atoms with Crippen molar-refractivity contribution in [3.63, 3.8) is 0 Å². The van der Waals surface area contributed by atoms with Crippen LogP contribution in [0.2, 0.25) is 0 Å². The summed E-state index contributed by atoms with van der Waals surface area (Å²) in [5.74, 6) is 2.77. The highest BCUT2D eigenvalue weighted by molar-refractivity contribution is 7.98. The first-order valence-corrected chi connectivity index (χ1v) is 5.73. The molecule has 2 aromatic heterocycles. The normalized spacial score (nSPS) is 10.7. The van der Waals surface area contributed by atoms with Crippen LogP contribution in [0.5, 0.6) is 0 Å². The van der Waals surface area contributed by atoms with Crippen molar-refractivity contribution < 1.29 is 14.0 Å². The molecular weight excluding hydrogens is 214 g/mol. The van der Waals surface area contributed by atoms with Crippen molar-refractivity contribution in [2.24, 2.45) is 0 Å². The summed E-state index contributed by atoms with van der Waals surface area (Å²) < 4.78 is 10.3. The first kappa shape index (κ1) is 10.3. The van der Waals surface area contributed by atoms with Crippen molar-refractivity contribution in [1.82, 2.24) is 5.16 Å². The molecule has 80 valence electrons. The fourth-order valence-electron chi connectivity index (χ4n) is 1.16. The summed E-state index contributed by atoms with van der Waals surface area (Å²) in [5, 5.41) is 12.5. The summed E-state index contributed by atoms with van der Waals surface area (Å²) in [7, 11) is 0. The van der Waals surface area contributed by atoms with Gasteiger partial charge in [-0.2, -0.15) is 11.8 Å². The van der Waals surface area contributed by atoms with Crippen LogP contribution in [0.4, 0.5) is 0 Å². The number of hydrogen-bond acceptors (Lipinski definition) is 5. The van der Waals surface area contributed by atoms with E-state index in [0.29, 0.717) is 17.3 Å². The minimum atomic E-state index is 0.188. The van der Waals surface area contributed by atoms with Gasteiger partial charge in [0.25, 0.3) is 0 Å². The number of rotatable bonds is 5. The van der Waals surface area contributed by atoms with Crippen LogP contribution in [0.15, 0.2) is 33.4 Å². The lowest BCUT2D eigenvalue weighted by molar-refractivity contribution is 0.322. The number of furan rings is 1. The fraction of sp³-hybridized carbons (Fsp3) is 0.300. The average molecular weight is 225 g/mol. The molecule has 0 amide bonds. The Morgan fingerprint density at radius 2 is 2.33 bits per heavy atom. The SMILES string of the molecule is OCCSCc1cc(-c2ccco2)on1. The Morgan fingerprint density at radius 1 is 1.40 bits per heavy atom. The second kappa shape index (κ2) is 5.04. The van der Waals surface area contributed by atoms with E-state index < -0.39 is 0 Å². The molecule has 0 saturated carbocycles. The number of hydrogen-bond donors (Lipinski definition) is 1. The standard InChI is InChI=1S/C10H11NO3S/c12-3-5-15-7-8-6-10(14-11-8)9-2-1-4-13-9/h1-2,4,6,12H,3,5,7H2. The Kier molecular flexibility index (Phi) is 3.47. The van der Waals surface area contributed by atoms with Crippen LogP contribution in [0.3, 0.4) is 0 Å². The van der Waals surface area contributed by atoms with Gasteiger partial charge in [-0.3, -0.25) is 0 Å². The number of aromatic nitrogens is 1. The molecule has 2 heterocycles. The molecule has 1 N–H and O–H groups in total. The molecule has 0 aromatic carbocycles.